The predicted molar refractivity (Wildman–Crippen MR) is 131 cm³/mol. The number of aliphatic imine (C=N–C) groups is 1. The monoisotopic (exact) mass is 410 g/mol. The highest BCUT2D eigenvalue weighted by Crippen LogP contribution is 2.21. The summed E-state index contributed by atoms with van der Waals surface area (Å²) in [7, 11) is 0. The summed E-state index contributed by atoms with van der Waals surface area (Å²) < 4.78 is 5.85. The van der Waals surface area contributed by atoms with E-state index in [1.54, 1.807) is 11.8 Å². The Morgan fingerprint density at radius 3 is 2.55 bits per heavy atom. The third kappa shape index (κ3) is 10.0. The highest BCUT2D eigenvalue weighted by Gasteiger charge is 2.03. The smallest absolute Gasteiger partial charge is 0.120 e. The van der Waals surface area contributed by atoms with Gasteiger partial charge in [0, 0.05) is 17.0 Å². The molecule has 0 heterocycles. The molecule has 0 aliphatic heterocycles. The Morgan fingerprint density at radius 2 is 1.93 bits per heavy atom. The number of nitrogens with zero attached hydrogens (tertiary/aromatic N) is 1. The summed E-state index contributed by atoms with van der Waals surface area (Å²) in [6, 6.07) is 14.1. The lowest BCUT2D eigenvalue weighted by Gasteiger charge is -2.11. The Balaban J connectivity index is 0.000000359. The molecule has 3 nitrogen and oxygen atoms in total. The molecule has 2 N–H and O–H groups in total. The van der Waals surface area contributed by atoms with Gasteiger partial charge in [-0.05, 0) is 68.3 Å². The first-order chi connectivity index (χ1) is 13.9. The number of unbranched alkanes of at least 4 members (excludes halogenated alkanes) is 1. The maximum Gasteiger partial charge on any atom is 0.120 e. The van der Waals surface area contributed by atoms with Crippen molar-refractivity contribution in [2.24, 2.45) is 10.7 Å². The van der Waals surface area contributed by atoms with Gasteiger partial charge in [-0.2, -0.15) is 0 Å². The van der Waals surface area contributed by atoms with E-state index in [2.05, 4.69) is 43.6 Å². The fraction of sp³-hybridized carbons (Fsp3) is 0.320. The molecular formula is C25H34N2OS. The van der Waals surface area contributed by atoms with Crippen molar-refractivity contribution < 1.29 is 4.74 Å². The first-order valence-corrected chi connectivity index (χ1v) is 11.1. The molecule has 0 fully saturated rings. The number of rotatable bonds is 8. The number of ether oxygens (including phenoxy) is 1. The Kier molecular flexibility index (Phi) is 11.6. The summed E-state index contributed by atoms with van der Waals surface area (Å²) in [4.78, 5) is 4.18. The minimum absolute atomic E-state index is 0.560. The molecule has 2 rings (SSSR count). The van der Waals surface area contributed by atoms with Gasteiger partial charge in [-0.3, -0.25) is 4.99 Å². The van der Waals surface area contributed by atoms with Crippen molar-refractivity contribution in [3.8, 4) is 5.75 Å². The third-order valence-corrected chi connectivity index (χ3v) is 4.48. The van der Waals surface area contributed by atoms with E-state index in [-0.39, 0.29) is 0 Å². The van der Waals surface area contributed by atoms with Gasteiger partial charge in [0.2, 0.25) is 0 Å². The molecule has 0 bridgehead atoms. The molecule has 29 heavy (non-hydrogen) atoms. The van der Waals surface area contributed by atoms with E-state index in [1.807, 2.05) is 56.0 Å². The van der Waals surface area contributed by atoms with Crippen LogP contribution in [-0.2, 0) is 6.61 Å². The third-order valence-electron chi connectivity index (χ3n) is 4.17. The zero-order valence-electron chi connectivity index (χ0n) is 18.4. The van der Waals surface area contributed by atoms with Crippen molar-refractivity contribution in [3.05, 3.63) is 83.1 Å². The van der Waals surface area contributed by atoms with Crippen LogP contribution in [0.1, 0.15) is 48.9 Å². The van der Waals surface area contributed by atoms with Gasteiger partial charge in [0.05, 0.1) is 5.55 Å². The lowest BCUT2D eigenvalue weighted by atomic mass is 10.1. The number of nitrogens with two attached hydrogens (primary N) is 1. The number of hydrogen-bond donors (Lipinski definition) is 1. The molecule has 0 atom stereocenters. The van der Waals surface area contributed by atoms with Crippen LogP contribution in [-0.4, -0.2) is 11.8 Å². The van der Waals surface area contributed by atoms with Crippen LogP contribution in [0.3, 0.4) is 0 Å². The summed E-state index contributed by atoms with van der Waals surface area (Å²) in [5.74, 6) is 0.824. The minimum atomic E-state index is 0.560. The Hall–Kier alpha value is -2.46. The standard InChI is InChI=1S/C17H19NO.C8H15NS/c1-12-8-16(14(3)18)10-17(9-12)19-11-15-7-5-4-6-13(15)2;1-4-5-6-8(2)9-7-10-3/h4-10H,3,11,18H2,1-2H3;6-7H,4-5H2,1-3H3/b;8-6+,9-7?. The molecule has 0 saturated heterocycles. The van der Waals surface area contributed by atoms with Crippen molar-refractivity contribution in [2.75, 3.05) is 6.26 Å². The van der Waals surface area contributed by atoms with Gasteiger partial charge in [-0.25, -0.2) is 0 Å². The summed E-state index contributed by atoms with van der Waals surface area (Å²) in [6.45, 7) is 12.6. The highest BCUT2D eigenvalue weighted by atomic mass is 32.2. The van der Waals surface area contributed by atoms with Gasteiger partial charge < -0.3 is 10.5 Å². The average Bonchev–Trinajstić information content (AvgIpc) is 2.70. The highest BCUT2D eigenvalue weighted by molar-refractivity contribution is 8.11. The Bertz CT molecular complexity index is 840. The first kappa shape index (κ1) is 24.6. The van der Waals surface area contributed by atoms with E-state index < -0.39 is 0 Å². The van der Waals surface area contributed by atoms with Crippen LogP contribution < -0.4 is 10.5 Å². The zero-order valence-corrected chi connectivity index (χ0v) is 19.2. The molecule has 0 aliphatic rings. The molecule has 0 saturated carbocycles. The fourth-order valence-electron chi connectivity index (χ4n) is 2.49. The van der Waals surface area contributed by atoms with Crippen LogP contribution in [0.25, 0.3) is 5.70 Å². The molecule has 2 aromatic carbocycles. The van der Waals surface area contributed by atoms with Crippen LogP contribution in [0.2, 0.25) is 0 Å². The van der Waals surface area contributed by atoms with Crippen molar-refractivity contribution in [1.29, 1.82) is 0 Å². The van der Waals surface area contributed by atoms with Crippen molar-refractivity contribution in [1.82, 2.24) is 0 Å². The second kappa shape index (κ2) is 13.7. The summed E-state index contributed by atoms with van der Waals surface area (Å²) in [5, 5.41) is 0. The lowest BCUT2D eigenvalue weighted by molar-refractivity contribution is 0.305. The largest absolute Gasteiger partial charge is 0.489 e. The molecular weight excluding hydrogens is 376 g/mol. The Morgan fingerprint density at radius 1 is 1.21 bits per heavy atom. The van der Waals surface area contributed by atoms with E-state index in [0.29, 0.717) is 12.3 Å². The number of aryl methyl sites for hydroxylation is 2. The van der Waals surface area contributed by atoms with Crippen molar-refractivity contribution in [3.63, 3.8) is 0 Å². The van der Waals surface area contributed by atoms with Crippen molar-refractivity contribution in [2.45, 2.75) is 47.1 Å². The van der Waals surface area contributed by atoms with E-state index in [0.717, 1.165) is 29.0 Å². The van der Waals surface area contributed by atoms with Gasteiger partial charge in [0.1, 0.15) is 12.4 Å². The molecule has 4 heteroatoms. The van der Waals surface area contributed by atoms with Crippen LogP contribution in [0.5, 0.6) is 5.75 Å². The predicted octanol–water partition coefficient (Wildman–Crippen LogP) is 6.89. The molecule has 0 unspecified atom stereocenters. The quantitative estimate of drug-likeness (QED) is 0.380. The second-order valence-electron chi connectivity index (χ2n) is 6.88. The lowest BCUT2D eigenvalue weighted by Crippen LogP contribution is -2.00. The van der Waals surface area contributed by atoms with E-state index in [1.165, 1.54) is 17.5 Å². The molecule has 156 valence electrons. The van der Waals surface area contributed by atoms with E-state index in [9.17, 15) is 0 Å². The number of hydrogen-bond acceptors (Lipinski definition) is 4. The van der Waals surface area contributed by atoms with Crippen LogP contribution in [0, 0.1) is 13.8 Å². The Labute approximate surface area is 180 Å². The summed E-state index contributed by atoms with van der Waals surface area (Å²) in [6.07, 6.45) is 6.51. The van der Waals surface area contributed by atoms with Crippen molar-refractivity contribution >= 4 is 23.0 Å². The first-order valence-electron chi connectivity index (χ1n) is 9.83. The molecule has 0 spiro atoms. The zero-order chi connectivity index (χ0) is 21.6. The maximum atomic E-state index is 5.85. The van der Waals surface area contributed by atoms with Gasteiger partial charge in [0.25, 0.3) is 0 Å². The average molecular weight is 411 g/mol. The fourth-order valence-corrected chi connectivity index (χ4v) is 2.76. The number of thioether (sulfide) groups is 1. The molecule has 0 aliphatic carbocycles. The van der Waals surface area contributed by atoms with Gasteiger partial charge in [0.15, 0.2) is 0 Å². The molecule has 2 aromatic rings. The van der Waals surface area contributed by atoms with Gasteiger partial charge >= 0.3 is 0 Å². The van der Waals surface area contributed by atoms with Crippen LogP contribution >= 0.6 is 11.8 Å². The molecule has 0 radical (unpaired) electrons. The number of benzene rings is 2. The van der Waals surface area contributed by atoms with Gasteiger partial charge in [-0.15, -0.1) is 11.8 Å². The summed E-state index contributed by atoms with van der Waals surface area (Å²) in [5.41, 5.74) is 13.7. The second-order valence-corrected chi connectivity index (χ2v) is 7.56. The van der Waals surface area contributed by atoms with Crippen LogP contribution in [0.15, 0.2) is 65.8 Å². The summed E-state index contributed by atoms with van der Waals surface area (Å²) >= 11 is 1.63. The van der Waals surface area contributed by atoms with Crippen LogP contribution in [0.4, 0.5) is 0 Å². The van der Waals surface area contributed by atoms with Gasteiger partial charge in [-0.1, -0.05) is 50.3 Å². The SMILES string of the molecule is C=C(N)c1cc(C)cc(OCc2ccccc2C)c1.CCC/C=C(\C)N=CSC. The molecule has 0 amide bonds. The topological polar surface area (TPSA) is 47.6 Å². The number of allylic oxidation sites excluding steroid dienone is 2. The molecule has 0 aromatic heterocycles. The van der Waals surface area contributed by atoms with E-state index >= 15 is 0 Å². The maximum absolute atomic E-state index is 5.85. The minimum Gasteiger partial charge on any atom is -0.489 e. The normalized spacial score (nSPS) is 11.1. The van der Waals surface area contributed by atoms with E-state index in [4.69, 9.17) is 10.5 Å².